The van der Waals surface area contributed by atoms with Crippen LogP contribution in [-0.2, 0) is 0 Å². The molecule has 1 aromatic carbocycles. The number of rotatable bonds is 8. The number of hydrogen-bond acceptors (Lipinski definition) is 5. The summed E-state index contributed by atoms with van der Waals surface area (Å²) in [7, 11) is 1.61. The average Bonchev–Trinajstić information content (AvgIpc) is 3.05. The molecule has 0 aliphatic heterocycles. The second-order valence-electron chi connectivity index (χ2n) is 4.79. The van der Waals surface area contributed by atoms with E-state index in [0.29, 0.717) is 12.3 Å². The monoisotopic (exact) mass is 291 g/mol. The fraction of sp³-hybridized carbons (Fsp3) is 0.375. The van der Waals surface area contributed by atoms with Gasteiger partial charge in [0.15, 0.2) is 0 Å². The zero-order valence-electron chi connectivity index (χ0n) is 12.3. The highest BCUT2D eigenvalue weighted by Gasteiger charge is 2.11. The molecule has 0 amide bonds. The van der Waals surface area contributed by atoms with Gasteiger partial charge in [0.1, 0.15) is 30.0 Å². The Kier molecular flexibility index (Phi) is 5.66. The van der Waals surface area contributed by atoms with Gasteiger partial charge < -0.3 is 24.3 Å². The van der Waals surface area contributed by atoms with Crippen LogP contribution in [0.3, 0.4) is 0 Å². The van der Waals surface area contributed by atoms with Crippen LogP contribution in [0, 0.1) is 0 Å². The van der Waals surface area contributed by atoms with Crippen molar-refractivity contribution < 1.29 is 19.0 Å². The van der Waals surface area contributed by atoms with Crippen LogP contribution in [0.15, 0.2) is 47.1 Å². The van der Waals surface area contributed by atoms with Crippen molar-refractivity contribution in [2.24, 2.45) is 0 Å². The van der Waals surface area contributed by atoms with Gasteiger partial charge in [0.2, 0.25) is 0 Å². The molecule has 1 heterocycles. The highest BCUT2D eigenvalue weighted by molar-refractivity contribution is 5.32. The Morgan fingerprint density at radius 1 is 1.24 bits per heavy atom. The quantitative estimate of drug-likeness (QED) is 0.782. The number of methoxy groups -OCH3 is 1. The first kappa shape index (κ1) is 15.4. The van der Waals surface area contributed by atoms with Gasteiger partial charge in [0, 0.05) is 12.6 Å². The lowest BCUT2D eigenvalue weighted by Crippen LogP contribution is -2.32. The van der Waals surface area contributed by atoms with Crippen LogP contribution >= 0.6 is 0 Å². The Morgan fingerprint density at radius 3 is 2.76 bits per heavy atom. The number of nitrogens with one attached hydrogen (secondary N) is 1. The van der Waals surface area contributed by atoms with Gasteiger partial charge in [-0.25, -0.2) is 0 Å². The van der Waals surface area contributed by atoms with Crippen LogP contribution in [0.2, 0.25) is 0 Å². The summed E-state index contributed by atoms with van der Waals surface area (Å²) >= 11 is 0. The second-order valence-corrected chi connectivity index (χ2v) is 4.79. The molecule has 114 valence electrons. The predicted octanol–water partition coefficient (Wildman–Crippen LogP) is 2.38. The lowest BCUT2D eigenvalue weighted by molar-refractivity contribution is 0.103. The SMILES string of the molecule is COc1cccc(OCC(O)CNC(C)c2ccco2)c1. The Labute approximate surface area is 124 Å². The molecule has 2 N–H and O–H groups in total. The molecule has 2 atom stereocenters. The fourth-order valence-electron chi connectivity index (χ4n) is 1.89. The van der Waals surface area contributed by atoms with E-state index in [2.05, 4.69) is 5.32 Å². The minimum atomic E-state index is -0.603. The first-order valence-corrected chi connectivity index (χ1v) is 6.90. The van der Waals surface area contributed by atoms with E-state index in [0.717, 1.165) is 11.5 Å². The van der Waals surface area contributed by atoms with Gasteiger partial charge >= 0.3 is 0 Å². The topological polar surface area (TPSA) is 63.9 Å². The summed E-state index contributed by atoms with van der Waals surface area (Å²) in [6.07, 6.45) is 1.03. The molecule has 0 saturated heterocycles. The maximum absolute atomic E-state index is 9.93. The highest BCUT2D eigenvalue weighted by atomic mass is 16.5. The van der Waals surface area contributed by atoms with Crippen LogP contribution in [0.1, 0.15) is 18.7 Å². The molecule has 0 bridgehead atoms. The van der Waals surface area contributed by atoms with Crippen molar-refractivity contribution >= 4 is 0 Å². The Hall–Kier alpha value is -1.98. The van der Waals surface area contributed by atoms with Crippen LogP contribution in [-0.4, -0.2) is 31.5 Å². The molecular formula is C16H21NO4. The number of benzene rings is 1. The van der Waals surface area contributed by atoms with E-state index in [1.54, 1.807) is 19.4 Å². The molecular weight excluding hydrogens is 270 g/mol. The van der Waals surface area contributed by atoms with Crippen molar-refractivity contribution in [2.45, 2.75) is 19.1 Å². The molecule has 1 aromatic heterocycles. The smallest absolute Gasteiger partial charge is 0.123 e. The number of furan rings is 1. The van der Waals surface area contributed by atoms with Crippen LogP contribution in [0.4, 0.5) is 0 Å². The second kappa shape index (κ2) is 7.71. The summed E-state index contributed by atoms with van der Waals surface area (Å²) < 4.78 is 15.9. The van der Waals surface area contributed by atoms with Gasteiger partial charge in [0.05, 0.1) is 19.4 Å². The molecule has 0 radical (unpaired) electrons. The maximum Gasteiger partial charge on any atom is 0.123 e. The Balaban J connectivity index is 1.73. The highest BCUT2D eigenvalue weighted by Crippen LogP contribution is 2.19. The number of aliphatic hydroxyl groups is 1. The molecule has 2 aromatic rings. The van der Waals surface area contributed by atoms with Gasteiger partial charge in [-0.3, -0.25) is 0 Å². The van der Waals surface area contributed by atoms with E-state index in [1.807, 2.05) is 37.3 Å². The summed E-state index contributed by atoms with van der Waals surface area (Å²) in [5.74, 6) is 2.25. The van der Waals surface area contributed by atoms with E-state index >= 15 is 0 Å². The van der Waals surface area contributed by atoms with Crippen molar-refractivity contribution in [3.05, 3.63) is 48.4 Å². The molecule has 5 nitrogen and oxygen atoms in total. The van der Waals surface area contributed by atoms with Crippen LogP contribution in [0.5, 0.6) is 11.5 Å². The van der Waals surface area contributed by atoms with Crippen LogP contribution < -0.4 is 14.8 Å². The molecule has 21 heavy (non-hydrogen) atoms. The van der Waals surface area contributed by atoms with E-state index in [9.17, 15) is 5.11 Å². The van der Waals surface area contributed by atoms with Crippen LogP contribution in [0.25, 0.3) is 0 Å². The normalized spacial score (nSPS) is 13.7. The zero-order valence-corrected chi connectivity index (χ0v) is 12.3. The van der Waals surface area contributed by atoms with Crippen molar-refractivity contribution in [1.29, 1.82) is 0 Å². The molecule has 0 fully saturated rings. The summed E-state index contributed by atoms with van der Waals surface area (Å²) in [5.41, 5.74) is 0. The number of hydrogen-bond donors (Lipinski definition) is 2. The Morgan fingerprint density at radius 2 is 2.05 bits per heavy atom. The summed E-state index contributed by atoms with van der Waals surface area (Å²) in [6, 6.07) is 11.1. The third-order valence-corrected chi connectivity index (χ3v) is 3.11. The van der Waals surface area contributed by atoms with Crippen molar-refractivity contribution in [3.8, 4) is 11.5 Å². The maximum atomic E-state index is 9.93. The molecule has 2 unspecified atom stereocenters. The minimum Gasteiger partial charge on any atom is -0.497 e. The number of ether oxygens (including phenoxy) is 2. The standard InChI is InChI=1S/C16H21NO4/c1-12(16-7-4-8-20-16)17-10-13(18)11-21-15-6-3-5-14(9-15)19-2/h3-9,12-13,17-18H,10-11H2,1-2H3. The van der Waals surface area contributed by atoms with Gasteiger partial charge in [-0.15, -0.1) is 0 Å². The van der Waals surface area contributed by atoms with Gasteiger partial charge in [-0.2, -0.15) is 0 Å². The average molecular weight is 291 g/mol. The molecule has 2 rings (SSSR count). The minimum absolute atomic E-state index is 0.0477. The largest absolute Gasteiger partial charge is 0.497 e. The van der Waals surface area contributed by atoms with E-state index in [1.165, 1.54) is 0 Å². The van der Waals surface area contributed by atoms with E-state index in [-0.39, 0.29) is 12.6 Å². The third-order valence-electron chi connectivity index (χ3n) is 3.11. The summed E-state index contributed by atoms with van der Waals surface area (Å²) in [6.45, 7) is 2.62. The summed E-state index contributed by atoms with van der Waals surface area (Å²) in [4.78, 5) is 0. The van der Waals surface area contributed by atoms with Crippen molar-refractivity contribution in [3.63, 3.8) is 0 Å². The lowest BCUT2D eigenvalue weighted by Gasteiger charge is -2.16. The lowest BCUT2D eigenvalue weighted by atomic mass is 10.2. The Bertz CT molecular complexity index is 527. The van der Waals surface area contributed by atoms with Crippen molar-refractivity contribution in [1.82, 2.24) is 5.32 Å². The van der Waals surface area contributed by atoms with E-state index < -0.39 is 6.10 Å². The first-order valence-electron chi connectivity index (χ1n) is 6.90. The molecule has 0 aliphatic rings. The third kappa shape index (κ3) is 4.81. The number of aliphatic hydroxyl groups excluding tert-OH is 1. The van der Waals surface area contributed by atoms with Gasteiger partial charge in [-0.05, 0) is 31.2 Å². The fourth-order valence-corrected chi connectivity index (χ4v) is 1.89. The predicted molar refractivity (Wildman–Crippen MR) is 79.6 cm³/mol. The van der Waals surface area contributed by atoms with E-state index in [4.69, 9.17) is 13.9 Å². The molecule has 0 spiro atoms. The molecule has 0 aliphatic carbocycles. The van der Waals surface area contributed by atoms with Crippen molar-refractivity contribution in [2.75, 3.05) is 20.3 Å². The summed E-state index contributed by atoms with van der Waals surface area (Å²) in [5, 5.41) is 13.1. The van der Waals surface area contributed by atoms with Gasteiger partial charge in [-0.1, -0.05) is 6.07 Å². The zero-order chi connectivity index (χ0) is 15.1. The molecule has 5 heteroatoms. The van der Waals surface area contributed by atoms with Gasteiger partial charge in [0.25, 0.3) is 0 Å². The first-order chi connectivity index (χ1) is 10.2. The molecule has 0 saturated carbocycles.